The van der Waals surface area contributed by atoms with Gasteiger partial charge in [-0.3, -0.25) is 9.48 Å². The Morgan fingerprint density at radius 2 is 1.97 bits per heavy atom. The van der Waals surface area contributed by atoms with Gasteiger partial charge < -0.3 is 19.9 Å². The Bertz CT molecular complexity index is 1560. The summed E-state index contributed by atoms with van der Waals surface area (Å²) in [7, 11) is 0. The van der Waals surface area contributed by atoms with E-state index in [1.54, 1.807) is 6.20 Å². The van der Waals surface area contributed by atoms with Gasteiger partial charge in [0.1, 0.15) is 5.65 Å². The molecule has 1 fully saturated rings. The second-order valence-electron chi connectivity index (χ2n) is 10.3. The molecule has 39 heavy (non-hydrogen) atoms. The molecule has 1 saturated heterocycles. The molecule has 1 aromatic carbocycles. The number of anilines is 1. The van der Waals surface area contributed by atoms with Crippen LogP contribution in [0, 0.1) is 13.8 Å². The van der Waals surface area contributed by atoms with Gasteiger partial charge in [0, 0.05) is 41.1 Å². The molecule has 0 bridgehead atoms. The number of nitrogens with zero attached hydrogens (tertiary/aromatic N) is 4. The summed E-state index contributed by atoms with van der Waals surface area (Å²) >= 11 is 0. The van der Waals surface area contributed by atoms with Crippen molar-refractivity contribution in [1.29, 1.82) is 0 Å². The van der Waals surface area contributed by atoms with Crippen molar-refractivity contribution in [1.82, 2.24) is 24.6 Å². The third-order valence-corrected chi connectivity index (χ3v) is 7.13. The Kier molecular flexibility index (Phi) is 7.34. The van der Waals surface area contributed by atoms with Crippen LogP contribution in [0.4, 0.5) is 5.69 Å². The number of fused-ring (bicyclic) bond motifs is 1. The molecule has 0 aliphatic carbocycles. The molecule has 5 rings (SSSR count). The van der Waals surface area contributed by atoms with E-state index in [0.29, 0.717) is 16.9 Å². The van der Waals surface area contributed by atoms with Gasteiger partial charge >= 0.3 is 5.97 Å². The predicted octanol–water partition coefficient (Wildman–Crippen LogP) is 5.11. The molecule has 4 heterocycles. The fourth-order valence-corrected chi connectivity index (χ4v) is 4.86. The van der Waals surface area contributed by atoms with E-state index in [1.165, 1.54) is 12.5 Å². The van der Waals surface area contributed by atoms with Gasteiger partial charge in [0.25, 0.3) is 0 Å². The van der Waals surface area contributed by atoms with Crippen LogP contribution in [0.1, 0.15) is 41.8 Å². The normalized spacial score (nSPS) is 13.5. The Balaban J connectivity index is 1.65. The molecule has 4 aromatic rings. The third kappa shape index (κ3) is 5.35. The van der Waals surface area contributed by atoms with Crippen LogP contribution in [0.25, 0.3) is 33.4 Å². The van der Waals surface area contributed by atoms with E-state index < -0.39 is 5.97 Å². The number of benzene rings is 1. The Morgan fingerprint density at radius 3 is 2.67 bits per heavy atom. The van der Waals surface area contributed by atoms with Crippen LogP contribution in [-0.4, -0.2) is 62.3 Å². The standard InChI is InChI=1S/C30H34N6O3/c1-6-25(37)33-24-14-21(9-8-19(24)4)27-26-20(5)23(30(38)39-18(2)3)16-31-29(26)34-28(27)22-15-32-36(17-22)13-12-35-10-7-11-35/h6,8-9,14-18H,1,7,10-13H2,2-5H3,(H,31,34)(H,33,37). The zero-order valence-corrected chi connectivity index (χ0v) is 22.9. The monoisotopic (exact) mass is 526 g/mol. The molecule has 0 radical (unpaired) electrons. The number of nitrogens with one attached hydrogen (secondary N) is 2. The van der Waals surface area contributed by atoms with Crippen LogP contribution < -0.4 is 5.32 Å². The van der Waals surface area contributed by atoms with E-state index in [-0.39, 0.29) is 12.0 Å². The van der Waals surface area contributed by atoms with Crippen molar-refractivity contribution < 1.29 is 14.3 Å². The van der Waals surface area contributed by atoms with Gasteiger partial charge in [0.05, 0.1) is 30.1 Å². The van der Waals surface area contributed by atoms with Crippen molar-refractivity contribution in [3.05, 3.63) is 66.1 Å². The SMILES string of the molecule is C=CC(=O)Nc1cc(-c2c(-c3cnn(CCN4CCC4)c3)[nH]c3ncc(C(=O)OC(C)C)c(C)c23)ccc1C. The summed E-state index contributed by atoms with van der Waals surface area (Å²) < 4.78 is 7.45. The molecule has 0 saturated carbocycles. The van der Waals surface area contributed by atoms with Gasteiger partial charge in [0.2, 0.25) is 5.91 Å². The average Bonchev–Trinajstić information content (AvgIpc) is 3.49. The van der Waals surface area contributed by atoms with Gasteiger partial charge in [0.15, 0.2) is 0 Å². The number of carbonyl (C=O) groups excluding carboxylic acids is 2. The molecular weight excluding hydrogens is 492 g/mol. The van der Waals surface area contributed by atoms with Crippen molar-refractivity contribution in [3.8, 4) is 22.4 Å². The lowest BCUT2D eigenvalue weighted by Gasteiger charge is -2.30. The molecule has 0 unspecified atom stereocenters. The first-order valence-corrected chi connectivity index (χ1v) is 13.3. The van der Waals surface area contributed by atoms with Crippen LogP contribution in [0.2, 0.25) is 0 Å². The largest absolute Gasteiger partial charge is 0.459 e. The topological polar surface area (TPSA) is 105 Å². The maximum Gasteiger partial charge on any atom is 0.340 e. The minimum absolute atomic E-state index is 0.246. The van der Waals surface area contributed by atoms with Crippen LogP contribution in [0.15, 0.2) is 49.4 Å². The van der Waals surface area contributed by atoms with E-state index in [2.05, 4.69) is 31.9 Å². The number of ether oxygens (including phenoxy) is 1. The lowest BCUT2D eigenvalue weighted by molar-refractivity contribution is -0.111. The van der Waals surface area contributed by atoms with Gasteiger partial charge in [-0.25, -0.2) is 9.78 Å². The van der Waals surface area contributed by atoms with E-state index in [1.807, 2.05) is 63.0 Å². The fourth-order valence-electron chi connectivity index (χ4n) is 4.86. The second-order valence-corrected chi connectivity index (χ2v) is 10.3. The summed E-state index contributed by atoms with van der Waals surface area (Å²) in [4.78, 5) is 35.5. The van der Waals surface area contributed by atoms with E-state index >= 15 is 0 Å². The summed E-state index contributed by atoms with van der Waals surface area (Å²) in [5, 5.41) is 8.34. The average molecular weight is 527 g/mol. The summed E-state index contributed by atoms with van der Waals surface area (Å²) in [6.07, 6.45) is 7.71. The number of likely N-dealkylation sites (tertiary alicyclic amines) is 1. The zero-order chi connectivity index (χ0) is 27.7. The number of carbonyl (C=O) groups is 2. The number of hydrogen-bond donors (Lipinski definition) is 2. The maximum atomic E-state index is 12.9. The number of hydrogen-bond acceptors (Lipinski definition) is 6. The number of H-pyrrole nitrogens is 1. The summed E-state index contributed by atoms with van der Waals surface area (Å²) in [6.45, 7) is 15.1. The van der Waals surface area contributed by atoms with Crippen molar-refractivity contribution >= 4 is 28.6 Å². The van der Waals surface area contributed by atoms with Crippen molar-refractivity contribution in [2.75, 3.05) is 25.0 Å². The first-order chi connectivity index (χ1) is 18.7. The van der Waals surface area contributed by atoms with E-state index in [0.717, 1.165) is 65.1 Å². The van der Waals surface area contributed by atoms with E-state index in [9.17, 15) is 9.59 Å². The van der Waals surface area contributed by atoms with Crippen molar-refractivity contribution in [3.63, 3.8) is 0 Å². The highest BCUT2D eigenvalue weighted by atomic mass is 16.5. The molecule has 0 spiro atoms. The third-order valence-electron chi connectivity index (χ3n) is 7.13. The summed E-state index contributed by atoms with van der Waals surface area (Å²) in [5.41, 5.74) is 6.95. The minimum atomic E-state index is -0.410. The highest BCUT2D eigenvalue weighted by molar-refractivity contribution is 6.08. The summed E-state index contributed by atoms with van der Waals surface area (Å²) in [6, 6.07) is 5.92. The molecule has 0 atom stereocenters. The molecule has 9 heteroatoms. The van der Waals surface area contributed by atoms with Crippen LogP contribution >= 0.6 is 0 Å². The van der Waals surface area contributed by atoms with Crippen LogP contribution in [-0.2, 0) is 16.1 Å². The predicted molar refractivity (Wildman–Crippen MR) is 153 cm³/mol. The number of amides is 1. The Hall–Kier alpha value is -4.24. The highest BCUT2D eigenvalue weighted by Crippen LogP contribution is 2.41. The van der Waals surface area contributed by atoms with Crippen LogP contribution in [0.5, 0.6) is 0 Å². The first-order valence-electron chi connectivity index (χ1n) is 13.3. The first kappa shape index (κ1) is 26.4. The number of aryl methyl sites for hydroxylation is 2. The number of aromatic nitrogens is 4. The second kappa shape index (κ2) is 10.9. The number of rotatable bonds is 9. The Morgan fingerprint density at radius 1 is 1.18 bits per heavy atom. The summed E-state index contributed by atoms with van der Waals surface area (Å²) in [5.74, 6) is -0.693. The lowest BCUT2D eigenvalue weighted by atomic mass is 9.95. The number of aromatic amines is 1. The molecule has 9 nitrogen and oxygen atoms in total. The molecule has 2 N–H and O–H groups in total. The number of pyridine rings is 1. The van der Waals surface area contributed by atoms with E-state index in [4.69, 9.17) is 4.74 Å². The maximum absolute atomic E-state index is 12.9. The Labute approximate surface area is 227 Å². The molecule has 3 aromatic heterocycles. The zero-order valence-electron chi connectivity index (χ0n) is 22.9. The molecule has 202 valence electrons. The van der Waals surface area contributed by atoms with Crippen molar-refractivity contribution in [2.45, 2.75) is 46.8 Å². The number of esters is 1. The van der Waals surface area contributed by atoms with Gasteiger partial charge in [-0.15, -0.1) is 0 Å². The van der Waals surface area contributed by atoms with Gasteiger partial charge in [-0.2, -0.15) is 5.10 Å². The van der Waals surface area contributed by atoms with Gasteiger partial charge in [-0.1, -0.05) is 18.7 Å². The minimum Gasteiger partial charge on any atom is -0.459 e. The molecule has 1 aliphatic heterocycles. The van der Waals surface area contributed by atoms with Crippen molar-refractivity contribution in [2.24, 2.45) is 0 Å². The quantitative estimate of drug-likeness (QED) is 0.232. The molecular formula is C30H34N6O3. The molecule has 1 aliphatic rings. The molecule has 1 amide bonds. The smallest absolute Gasteiger partial charge is 0.340 e. The highest BCUT2D eigenvalue weighted by Gasteiger charge is 2.24. The lowest BCUT2D eigenvalue weighted by Crippen LogP contribution is -2.39. The van der Waals surface area contributed by atoms with Gasteiger partial charge in [-0.05, 0) is 76.0 Å². The van der Waals surface area contributed by atoms with Crippen LogP contribution in [0.3, 0.4) is 0 Å². The fraction of sp³-hybridized carbons (Fsp3) is 0.333.